The van der Waals surface area contributed by atoms with Gasteiger partial charge in [-0.05, 0) is 35.4 Å². The number of hydrogen-bond donors (Lipinski definition) is 1. The van der Waals surface area contributed by atoms with E-state index in [2.05, 4.69) is 11.4 Å². The summed E-state index contributed by atoms with van der Waals surface area (Å²) in [5.74, 6) is 0.822. The molecule has 0 saturated heterocycles. The fraction of sp³-hybridized carbons (Fsp3) is 0.188. The summed E-state index contributed by atoms with van der Waals surface area (Å²) in [7, 11) is 1.64. The largest absolute Gasteiger partial charge is 0.497 e. The van der Waals surface area contributed by atoms with Crippen LogP contribution in [-0.2, 0) is 6.54 Å². The lowest BCUT2D eigenvalue weighted by Gasteiger charge is -2.12. The maximum Gasteiger partial charge on any atom is 0.121 e. The first-order valence-electron chi connectivity index (χ1n) is 6.24. The van der Waals surface area contributed by atoms with Crippen molar-refractivity contribution in [3.63, 3.8) is 0 Å². The molecule has 4 heteroatoms. The average Bonchev–Trinajstić information content (AvgIpc) is 2.50. The minimum absolute atomic E-state index is 0.352. The van der Waals surface area contributed by atoms with Crippen molar-refractivity contribution in [1.29, 1.82) is 5.26 Å². The Labute approximate surface area is 123 Å². The molecule has 0 aromatic heterocycles. The topological polar surface area (TPSA) is 45.0 Å². The molecule has 3 nitrogen and oxygen atoms in total. The number of halogens is 1. The molecule has 0 bridgehead atoms. The molecule has 2 aromatic carbocycles. The Kier molecular flexibility index (Phi) is 5.00. The van der Waals surface area contributed by atoms with Crippen molar-refractivity contribution in [1.82, 2.24) is 5.32 Å². The van der Waals surface area contributed by atoms with Gasteiger partial charge in [0.2, 0.25) is 0 Å². The van der Waals surface area contributed by atoms with Crippen LogP contribution in [0, 0.1) is 11.3 Å². The Balaban J connectivity index is 2.00. The van der Waals surface area contributed by atoms with E-state index in [1.165, 1.54) is 0 Å². The molecule has 0 radical (unpaired) electrons. The van der Waals surface area contributed by atoms with Crippen LogP contribution in [0.15, 0.2) is 48.5 Å². The maximum absolute atomic E-state index is 9.24. The normalized spacial score (nSPS) is 11.7. The van der Waals surface area contributed by atoms with Crippen molar-refractivity contribution >= 4 is 11.6 Å². The van der Waals surface area contributed by atoms with Gasteiger partial charge in [-0.2, -0.15) is 5.26 Å². The second kappa shape index (κ2) is 6.95. The van der Waals surface area contributed by atoms with E-state index < -0.39 is 0 Å². The van der Waals surface area contributed by atoms with Crippen LogP contribution >= 0.6 is 11.6 Å². The third-order valence-electron chi connectivity index (χ3n) is 3.00. The Morgan fingerprint density at radius 1 is 1.15 bits per heavy atom. The van der Waals surface area contributed by atoms with Crippen LogP contribution in [0.1, 0.15) is 17.2 Å². The van der Waals surface area contributed by atoms with E-state index in [0.717, 1.165) is 16.9 Å². The predicted molar refractivity (Wildman–Crippen MR) is 79.6 cm³/mol. The second-order valence-corrected chi connectivity index (χ2v) is 4.78. The quantitative estimate of drug-likeness (QED) is 0.911. The molecule has 2 aromatic rings. The van der Waals surface area contributed by atoms with E-state index in [-0.39, 0.29) is 6.04 Å². The van der Waals surface area contributed by atoms with E-state index in [0.29, 0.717) is 11.6 Å². The number of ether oxygens (including phenoxy) is 1. The predicted octanol–water partition coefficient (Wildman–Crippen LogP) is 3.70. The summed E-state index contributed by atoms with van der Waals surface area (Å²) in [6.07, 6.45) is 0. The van der Waals surface area contributed by atoms with Crippen molar-refractivity contribution in [3.8, 4) is 11.8 Å². The molecule has 102 valence electrons. The molecule has 1 atom stereocenters. The first-order chi connectivity index (χ1) is 9.72. The zero-order valence-electron chi connectivity index (χ0n) is 11.1. The van der Waals surface area contributed by atoms with Gasteiger partial charge in [0.15, 0.2) is 0 Å². The zero-order chi connectivity index (χ0) is 14.4. The summed E-state index contributed by atoms with van der Waals surface area (Å²) >= 11 is 5.85. The van der Waals surface area contributed by atoms with E-state index >= 15 is 0 Å². The standard InChI is InChI=1S/C16H15ClN2O/c1-20-15-8-2-12(3-9-15)11-19-16(10-18)13-4-6-14(17)7-5-13/h2-9,16,19H,11H2,1H3/t16-/m1/s1. The van der Waals surface area contributed by atoms with Gasteiger partial charge < -0.3 is 4.74 Å². The highest BCUT2D eigenvalue weighted by atomic mass is 35.5. The number of benzene rings is 2. The molecular formula is C16H15ClN2O. The number of hydrogen-bond acceptors (Lipinski definition) is 3. The Bertz CT molecular complexity index is 587. The lowest BCUT2D eigenvalue weighted by molar-refractivity contribution is 0.414. The fourth-order valence-electron chi connectivity index (χ4n) is 1.86. The van der Waals surface area contributed by atoms with Crippen LogP contribution in [0.3, 0.4) is 0 Å². The molecule has 0 unspecified atom stereocenters. The maximum atomic E-state index is 9.24. The SMILES string of the molecule is COc1ccc(CN[C@H](C#N)c2ccc(Cl)cc2)cc1. The zero-order valence-corrected chi connectivity index (χ0v) is 11.9. The first-order valence-corrected chi connectivity index (χ1v) is 6.62. The monoisotopic (exact) mass is 286 g/mol. The third kappa shape index (κ3) is 3.74. The number of nitrogens with one attached hydrogen (secondary N) is 1. The van der Waals surface area contributed by atoms with E-state index in [1.807, 2.05) is 36.4 Å². The van der Waals surface area contributed by atoms with Gasteiger partial charge in [0.25, 0.3) is 0 Å². The number of nitrogens with zero attached hydrogens (tertiary/aromatic N) is 1. The van der Waals surface area contributed by atoms with Crippen molar-refractivity contribution in [2.75, 3.05) is 7.11 Å². The summed E-state index contributed by atoms with van der Waals surface area (Å²) in [6.45, 7) is 0.616. The fourth-order valence-corrected chi connectivity index (χ4v) is 1.98. The molecule has 0 aliphatic carbocycles. The molecule has 2 rings (SSSR count). The van der Waals surface area contributed by atoms with E-state index in [9.17, 15) is 5.26 Å². The van der Waals surface area contributed by atoms with Gasteiger partial charge in [-0.3, -0.25) is 5.32 Å². The molecule has 0 aliphatic heterocycles. The highest BCUT2D eigenvalue weighted by Gasteiger charge is 2.09. The van der Waals surface area contributed by atoms with Gasteiger partial charge in [0, 0.05) is 11.6 Å². The van der Waals surface area contributed by atoms with Gasteiger partial charge in [0.05, 0.1) is 13.2 Å². The van der Waals surface area contributed by atoms with Crippen LogP contribution < -0.4 is 10.1 Å². The molecular weight excluding hydrogens is 272 g/mol. The van der Waals surface area contributed by atoms with Crippen molar-refractivity contribution in [2.24, 2.45) is 0 Å². The average molecular weight is 287 g/mol. The minimum Gasteiger partial charge on any atom is -0.497 e. The summed E-state index contributed by atoms with van der Waals surface area (Å²) in [5, 5.41) is 13.1. The summed E-state index contributed by atoms with van der Waals surface area (Å²) < 4.78 is 5.11. The summed E-state index contributed by atoms with van der Waals surface area (Å²) in [6, 6.07) is 16.9. The molecule has 20 heavy (non-hydrogen) atoms. The molecule has 0 aliphatic rings. The number of methoxy groups -OCH3 is 1. The van der Waals surface area contributed by atoms with Crippen LogP contribution in [0.4, 0.5) is 0 Å². The van der Waals surface area contributed by atoms with Crippen LogP contribution in [0.2, 0.25) is 5.02 Å². The molecule has 0 fully saturated rings. The van der Waals surface area contributed by atoms with Gasteiger partial charge in [-0.25, -0.2) is 0 Å². The number of rotatable bonds is 5. The van der Waals surface area contributed by atoms with Crippen LogP contribution in [0.25, 0.3) is 0 Å². The lowest BCUT2D eigenvalue weighted by Crippen LogP contribution is -2.19. The van der Waals surface area contributed by atoms with Crippen LogP contribution in [-0.4, -0.2) is 7.11 Å². The van der Waals surface area contributed by atoms with E-state index in [4.69, 9.17) is 16.3 Å². The van der Waals surface area contributed by atoms with Crippen LogP contribution in [0.5, 0.6) is 5.75 Å². The molecule has 0 saturated carbocycles. The second-order valence-electron chi connectivity index (χ2n) is 4.34. The first kappa shape index (κ1) is 14.4. The Morgan fingerprint density at radius 2 is 1.80 bits per heavy atom. The smallest absolute Gasteiger partial charge is 0.121 e. The lowest BCUT2D eigenvalue weighted by atomic mass is 10.1. The van der Waals surface area contributed by atoms with Crippen molar-refractivity contribution < 1.29 is 4.74 Å². The van der Waals surface area contributed by atoms with Crippen molar-refractivity contribution in [3.05, 3.63) is 64.7 Å². The Morgan fingerprint density at radius 3 is 2.35 bits per heavy atom. The summed E-state index contributed by atoms with van der Waals surface area (Å²) in [5.41, 5.74) is 2.01. The van der Waals surface area contributed by atoms with Gasteiger partial charge in [-0.15, -0.1) is 0 Å². The minimum atomic E-state index is -0.352. The molecule has 0 heterocycles. The Hall–Kier alpha value is -2.02. The van der Waals surface area contributed by atoms with E-state index in [1.54, 1.807) is 19.2 Å². The summed E-state index contributed by atoms with van der Waals surface area (Å²) in [4.78, 5) is 0. The highest BCUT2D eigenvalue weighted by molar-refractivity contribution is 6.30. The van der Waals surface area contributed by atoms with Gasteiger partial charge in [-0.1, -0.05) is 35.9 Å². The molecule has 1 N–H and O–H groups in total. The highest BCUT2D eigenvalue weighted by Crippen LogP contribution is 2.17. The third-order valence-corrected chi connectivity index (χ3v) is 3.25. The van der Waals surface area contributed by atoms with Gasteiger partial charge >= 0.3 is 0 Å². The molecule has 0 amide bonds. The van der Waals surface area contributed by atoms with Gasteiger partial charge in [0.1, 0.15) is 11.8 Å². The number of nitriles is 1. The molecule has 0 spiro atoms. The van der Waals surface area contributed by atoms with Crippen molar-refractivity contribution in [2.45, 2.75) is 12.6 Å².